The van der Waals surface area contributed by atoms with Crippen LogP contribution in [-0.2, 0) is 14.3 Å². The van der Waals surface area contributed by atoms with Crippen LogP contribution in [0.5, 0.6) is 0 Å². The molecule has 8 heteroatoms. The molecule has 0 saturated heterocycles. The van der Waals surface area contributed by atoms with Gasteiger partial charge >= 0.3 is 18.1 Å². The standard InChI is InChI=1S/C9H11F5O3/c1-4-17-6(16)7(3,5(2)15)8(10,11)9(12,13)14/h4H2,1-3H3. The average molecular weight is 262 g/mol. The Balaban J connectivity index is 5.67. The zero-order valence-electron chi connectivity index (χ0n) is 9.32. The molecule has 1 unspecified atom stereocenters. The molecular weight excluding hydrogens is 251 g/mol. The summed E-state index contributed by atoms with van der Waals surface area (Å²) >= 11 is 0. The van der Waals surface area contributed by atoms with Gasteiger partial charge in [0.2, 0.25) is 0 Å². The molecule has 0 aliphatic rings. The Labute approximate surface area is 93.9 Å². The van der Waals surface area contributed by atoms with Gasteiger partial charge in [-0.3, -0.25) is 9.59 Å². The quantitative estimate of drug-likeness (QED) is 0.443. The van der Waals surface area contributed by atoms with Gasteiger partial charge in [0.05, 0.1) is 6.61 Å². The second-order valence-electron chi connectivity index (χ2n) is 3.47. The van der Waals surface area contributed by atoms with E-state index in [1.807, 2.05) is 0 Å². The van der Waals surface area contributed by atoms with Crippen LogP contribution in [0.15, 0.2) is 0 Å². The molecule has 0 N–H and O–H groups in total. The Bertz CT molecular complexity index is 323. The van der Waals surface area contributed by atoms with Gasteiger partial charge in [-0.1, -0.05) is 0 Å². The first-order chi connectivity index (χ1) is 7.42. The normalized spacial score (nSPS) is 16.2. The van der Waals surface area contributed by atoms with Crippen LogP contribution < -0.4 is 0 Å². The van der Waals surface area contributed by atoms with Crippen molar-refractivity contribution in [1.29, 1.82) is 0 Å². The largest absolute Gasteiger partial charge is 0.465 e. The van der Waals surface area contributed by atoms with Gasteiger partial charge in [-0.05, 0) is 20.8 Å². The number of ether oxygens (including phenoxy) is 1. The highest BCUT2D eigenvalue weighted by molar-refractivity contribution is 6.03. The molecule has 0 spiro atoms. The molecule has 0 bridgehead atoms. The number of Topliss-reactive ketones (excluding diaryl/α,β-unsaturated/α-hetero) is 1. The first-order valence-corrected chi connectivity index (χ1v) is 4.55. The number of rotatable bonds is 4. The van der Waals surface area contributed by atoms with E-state index in [0.717, 1.165) is 0 Å². The number of esters is 1. The Morgan fingerprint density at radius 2 is 1.53 bits per heavy atom. The van der Waals surface area contributed by atoms with Crippen molar-refractivity contribution in [1.82, 2.24) is 0 Å². The van der Waals surface area contributed by atoms with Crippen molar-refractivity contribution < 1.29 is 36.3 Å². The van der Waals surface area contributed by atoms with Gasteiger partial charge in [0.15, 0.2) is 11.2 Å². The molecule has 17 heavy (non-hydrogen) atoms. The van der Waals surface area contributed by atoms with Crippen molar-refractivity contribution in [3.8, 4) is 0 Å². The number of halogens is 5. The number of carbonyl (C=O) groups excluding carboxylic acids is 2. The van der Waals surface area contributed by atoms with Crippen LogP contribution >= 0.6 is 0 Å². The first kappa shape index (κ1) is 15.8. The Morgan fingerprint density at radius 3 is 1.76 bits per heavy atom. The number of alkyl halides is 5. The third-order valence-corrected chi connectivity index (χ3v) is 2.37. The van der Waals surface area contributed by atoms with Gasteiger partial charge in [-0.15, -0.1) is 0 Å². The molecule has 0 amide bonds. The van der Waals surface area contributed by atoms with E-state index < -0.39 is 35.9 Å². The molecular formula is C9H11F5O3. The molecule has 0 radical (unpaired) electrons. The van der Waals surface area contributed by atoms with Crippen LogP contribution in [0.4, 0.5) is 22.0 Å². The van der Waals surface area contributed by atoms with Crippen LogP contribution in [0.1, 0.15) is 20.8 Å². The van der Waals surface area contributed by atoms with E-state index in [1.165, 1.54) is 6.92 Å². The van der Waals surface area contributed by atoms with Gasteiger partial charge in [0, 0.05) is 0 Å². The lowest BCUT2D eigenvalue weighted by atomic mass is 9.79. The van der Waals surface area contributed by atoms with Gasteiger partial charge in [0.25, 0.3) is 0 Å². The predicted octanol–water partition coefficient (Wildman–Crippen LogP) is 2.34. The van der Waals surface area contributed by atoms with Gasteiger partial charge in [0.1, 0.15) is 0 Å². The number of hydrogen-bond acceptors (Lipinski definition) is 3. The zero-order valence-corrected chi connectivity index (χ0v) is 9.32. The highest BCUT2D eigenvalue weighted by Gasteiger charge is 2.74. The summed E-state index contributed by atoms with van der Waals surface area (Å²) in [7, 11) is 0. The summed E-state index contributed by atoms with van der Waals surface area (Å²) in [5.41, 5.74) is -3.57. The molecule has 1 atom stereocenters. The molecule has 100 valence electrons. The summed E-state index contributed by atoms with van der Waals surface area (Å²) in [6.07, 6.45) is -6.01. The maximum atomic E-state index is 13.2. The summed E-state index contributed by atoms with van der Waals surface area (Å²) in [4.78, 5) is 22.2. The topological polar surface area (TPSA) is 43.4 Å². The summed E-state index contributed by atoms with van der Waals surface area (Å²) in [6.45, 7) is 1.53. The maximum Gasteiger partial charge on any atom is 0.454 e. The molecule has 0 rings (SSSR count). The van der Waals surface area contributed by atoms with Crippen molar-refractivity contribution in [3.63, 3.8) is 0 Å². The minimum Gasteiger partial charge on any atom is -0.465 e. The zero-order chi connectivity index (χ0) is 14.1. The van der Waals surface area contributed by atoms with E-state index in [9.17, 15) is 31.5 Å². The van der Waals surface area contributed by atoms with Gasteiger partial charge in [-0.2, -0.15) is 22.0 Å². The molecule has 0 saturated carbocycles. The van der Waals surface area contributed by atoms with E-state index in [4.69, 9.17) is 0 Å². The van der Waals surface area contributed by atoms with Gasteiger partial charge in [-0.25, -0.2) is 0 Å². The lowest BCUT2D eigenvalue weighted by Gasteiger charge is -2.33. The minimum atomic E-state index is -6.01. The third kappa shape index (κ3) is 2.39. The number of hydrogen-bond donors (Lipinski definition) is 0. The summed E-state index contributed by atoms with van der Waals surface area (Å²) in [6, 6.07) is 0. The monoisotopic (exact) mass is 262 g/mol. The van der Waals surface area contributed by atoms with Crippen molar-refractivity contribution >= 4 is 11.8 Å². The van der Waals surface area contributed by atoms with Crippen LogP contribution in [0.3, 0.4) is 0 Å². The number of ketones is 1. The fourth-order valence-corrected chi connectivity index (χ4v) is 1.05. The molecule has 3 nitrogen and oxygen atoms in total. The van der Waals surface area contributed by atoms with Crippen molar-refractivity contribution in [3.05, 3.63) is 0 Å². The van der Waals surface area contributed by atoms with Gasteiger partial charge < -0.3 is 4.74 Å². The molecule has 0 heterocycles. The van der Waals surface area contributed by atoms with E-state index >= 15 is 0 Å². The molecule has 0 aliphatic heterocycles. The molecule has 0 aliphatic carbocycles. The van der Waals surface area contributed by atoms with Crippen LogP contribution in [0.25, 0.3) is 0 Å². The summed E-state index contributed by atoms with van der Waals surface area (Å²) < 4.78 is 67.0. The first-order valence-electron chi connectivity index (χ1n) is 4.55. The van der Waals surface area contributed by atoms with Crippen molar-refractivity contribution in [2.24, 2.45) is 5.41 Å². The van der Waals surface area contributed by atoms with Crippen molar-refractivity contribution in [2.45, 2.75) is 32.9 Å². The Hall–Kier alpha value is -1.21. The van der Waals surface area contributed by atoms with Crippen LogP contribution in [0, 0.1) is 5.41 Å². The molecule has 0 aromatic heterocycles. The third-order valence-electron chi connectivity index (χ3n) is 2.37. The summed E-state index contributed by atoms with van der Waals surface area (Å²) in [5.74, 6) is -8.99. The highest BCUT2D eigenvalue weighted by Crippen LogP contribution is 2.49. The minimum absolute atomic E-state index is 0.223. The fraction of sp³-hybridized carbons (Fsp3) is 0.778. The summed E-state index contributed by atoms with van der Waals surface area (Å²) in [5, 5.41) is 0. The van der Waals surface area contributed by atoms with E-state index in [2.05, 4.69) is 4.74 Å². The van der Waals surface area contributed by atoms with Crippen molar-refractivity contribution in [2.75, 3.05) is 6.61 Å². The van der Waals surface area contributed by atoms with E-state index in [1.54, 1.807) is 0 Å². The Kier molecular flexibility index (Phi) is 4.25. The SMILES string of the molecule is CCOC(=O)C(C)(C(C)=O)C(F)(F)C(F)(F)F. The molecule has 0 aromatic carbocycles. The molecule has 0 aromatic rings. The molecule has 0 fully saturated rings. The smallest absolute Gasteiger partial charge is 0.454 e. The number of carbonyl (C=O) groups is 2. The second kappa shape index (κ2) is 4.58. The maximum absolute atomic E-state index is 13.2. The fourth-order valence-electron chi connectivity index (χ4n) is 1.05. The lowest BCUT2D eigenvalue weighted by molar-refractivity contribution is -0.314. The van der Waals surface area contributed by atoms with Crippen LogP contribution in [0.2, 0.25) is 0 Å². The van der Waals surface area contributed by atoms with E-state index in [-0.39, 0.29) is 6.92 Å². The van der Waals surface area contributed by atoms with Crippen LogP contribution in [-0.4, -0.2) is 30.5 Å². The van der Waals surface area contributed by atoms with E-state index in [0.29, 0.717) is 6.92 Å². The highest BCUT2D eigenvalue weighted by atomic mass is 19.4. The second-order valence-corrected chi connectivity index (χ2v) is 3.47. The lowest BCUT2D eigenvalue weighted by Crippen LogP contribution is -2.58. The Morgan fingerprint density at radius 1 is 1.12 bits per heavy atom. The average Bonchev–Trinajstić information content (AvgIpc) is 2.14. The predicted molar refractivity (Wildman–Crippen MR) is 46.4 cm³/mol.